The fourth-order valence-corrected chi connectivity index (χ4v) is 8.06. The molecule has 0 bridgehead atoms. The summed E-state index contributed by atoms with van der Waals surface area (Å²) in [5.74, 6) is 0. The zero-order valence-electron chi connectivity index (χ0n) is 14.7. The summed E-state index contributed by atoms with van der Waals surface area (Å²) >= 11 is -0.617. The monoisotopic (exact) mass is 360 g/mol. The van der Waals surface area contributed by atoms with Crippen molar-refractivity contribution in [2.45, 2.75) is 80.1 Å². The van der Waals surface area contributed by atoms with Crippen molar-refractivity contribution >= 4 is 0 Å². The molecule has 0 saturated carbocycles. The number of allylic oxidation sites excluding steroid dienone is 8. The van der Waals surface area contributed by atoms with Gasteiger partial charge in [0.1, 0.15) is 0 Å². The molecule has 0 unspecified atom stereocenters. The minimum atomic E-state index is -0.617. The second-order valence-electron chi connectivity index (χ2n) is 6.75. The molecule has 0 aromatic carbocycles. The van der Waals surface area contributed by atoms with E-state index in [1.54, 1.807) is 33.4 Å². The van der Waals surface area contributed by atoms with Crippen LogP contribution in [0.25, 0.3) is 0 Å². The Morgan fingerprint density at radius 2 is 1.10 bits per heavy atom. The van der Waals surface area contributed by atoms with E-state index in [1.807, 2.05) is 6.56 Å². The number of hydrogen-bond acceptors (Lipinski definition) is 0. The molecule has 0 heterocycles. The third kappa shape index (κ3) is 3.61. The van der Waals surface area contributed by atoms with Crippen molar-refractivity contribution in [3.63, 3.8) is 0 Å². The summed E-state index contributed by atoms with van der Waals surface area (Å²) in [6.45, 7) is 14.1. The van der Waals surface area contributed by atoms with E-state index in [0.29, 0.717) is 0 Å². The molecule has 114 valence electrons. The maximum atomic E-state index is 2.38. The van der Waals surface area contributed by atoms with Crippen LogP contribution in [0.1, 0.15) is 80.1 Å². The number of rotatable bonds is 6. The molecule has 0 aromatic heterocycles. The fraction of sp³-hybridized carbons (Fsp3) is 0.600. The topological polar surface area (TPSA) is 0 Å². The molecule has 0 fully saturated rings. The molecule has 21 heavy (non-hydrogen) atoms. The third-order valence-corrected chi connectivity index (χ3v) is 9.86. The van der Waals surface area contributed by atoms with Crippen molar-refractivity contribution in [1.29, 1.82) is 0 Å². The van der Waals surface area contributed by atoms with E-state index in [1.165, 1.54) is 38.5 Å². The molecule has 0 aromatic rings. The Morgan fingerprint density at radius 3 is 1.43 bits per heavy atom. The molecule has 2 aliphatic rings. The molecule has 0 spiro atoms. The molecular weight excluding hydrogens is 331 g/mol. The Bertz CT molecular complexity index is 502. The first kappa shape index (κ1) is 17.2. The van der Waals surface area contributed by atoms with Crippen molar-refractivity contribution in [3.05, 3.63) is 40.0 Å². The molecule has 0 nitrogen and oxygen atoms in total. The van der Waals surface area contributed by atoms with Crippen LogP contribution in [0.2, 0.25) is 0 Å². The molecule has 0 N–H and O–H groups in total. The standard InChI is InChI=1S/2C10H15.Zr/c2*1-4-5-10-6-8(2)9(3)7-10;/h2*4-6H2,1-3H3;. The molecule has 2 aliphatic carbocycles. The summed E-state index contributed by atoms with van der Waals surface area (Å²) in [6, 6.07) is 0. The van der Waals surface area contributed by atoms with Gasteiger partial charge in [-0.3, -0.25) is 0 Å². The van der Waals surface area contributed by atoms with Crippen LogP contribution in [0.15, 0.2) is 40.0 Å². The zero-order valence-corrected chi connectivity index (χ0v) is 17.2. The van der Waals surface area contributed by atoms with Gasteiger partial charge >= 0.3 is 143 Å². The number of hydrogen-bond donors (Lipinski definition) is 0. The predicted octanol–water partition coefficient (Wildman–Crippen LogP) is 6.66. The summed E-state index contributed by atoms with van der Waals surface area (Å²) in [5, 5.41) is 0. The van der Waals surface area contributed by atoms with Gasteiger partial charge in [0, 0.05) is 0 Å². The second-order valence-corrected chi connectivity index (χ2v) is 9.82. The molecule has 0 aliphatic heterocycles. The van der Waals surface area contributed by atoms with Gasteiger partial charge in [0.2, 0.25) is 0 Å². The molecule has 0 radical (unpaired) electrons. The van der Waals surface area contributed by atoms with Crippen molar-refractivity contribution in [1.82, 2.24) is 0 Å². The predicted molar refractivity (Wildman–Crippen MR) is 89.9 cm³/mol. The summed E-state index contributed by atoms with van der Waals surface area (Å²) in [4.78, 5) is 0. The van der Waals surface area contributed by atoms with Crippen LogP contribution in [-0.4, -0.2) is 0 Å². The van der Waals surface area contributed by atoms with Gasteiger partial charge in [-0.25, -0.2) is 0 Å². The van der Waals surface area contributed by atoms with Crippen molar-refractivity contribution in [2.24, 2.45) is 0 Å². The van der Waals surface area contributed by atoms with Gasteiger partial charge in [-0.1, -0.05) is 0 Å². The average Bonchev–Trinajstić information content (AvgIpc) is 2.85. The third-order valence-electron chi connectivity index (χ3n) is 5.05. The normalized spacial score (nSPS) is 19.5. The van der Waals surface area contributed by atoms with Crippen molar-refractivity contribution < 1.29 is 23.2 Å². The molecule has 0 saturated heterocycles. The van der Waals surface area contributed by atoms with Gasteiger partial charge in [0.15, 0.2) is 0 Å². The van der Waals surface area contributed by atoms with E-state index < -0.39 is 23.2 Å². The Labute approximate surface area is 143 Å². The van der Waals surface area contributed by atoms with Crippen LogP contribution in [0, 0.1) is 0 Å². The quantitative estimate of drug-likeness (QED) is 0.496. The van der Waals surface area contributed by atoms with E-state index >= 15 is 0 Å². The Kier molecular flexibility index (Phi) is 6.07. The average molecular weight is 362 g/mol. The van der Waals surface area contributed by atoms with Gasteiger partial charge in [-0.2, -0.15) is 0 Å². The Balaban J connectivity index is 2.33. The summed E-state index contributed by atoms with van der Waals surface area (Å²) in [6.07, 6.45) is 7.79. The maximum absolute atomic E-state index is 2.38. The minimum absolute atomic E-state index is 0.617. The van der Waals surface area contributed by atoms with E-state index in [9.17, 15) is 0 Å². The second kappa shape index (κ2) is 7.41. The van der Waals surface area contributed by atoms with Crippen LogP contribution in [0.3, 0.4) is 0 Å². The van der Waals surface area contributed by atoms with Gasteiger partial charge in [0.05, 0.1) is 0 Å². The Hall–Kier alpha value is -0.157. The van der Waals surface area contributed by atoms with Crippen LogP contribution < -0.4 is 0 Å². The molecule has 2 rings (SSSR count). The van der Waals surface area contributed by atoms with E-state index in [4.69, 9.17) is 0 Å². The van der Waals surface area contributed by atoms with Crippen LogP contribution in [-0.2, 0) is 23.2 Å². The van der Waals surface area contributed by atoms with E-state index in [2.05, 4.69) is 41.5 Å². The van der Waals surface area contributed by atoms with Crippen LogP contribution >= 0.6 is 0 Å². The molecule has 1 heteroatoms. The molecule has 0 amide bonds. The summed E-state index contributed by atoms with van der Waals surface area (Å²) in [7, 11) is 0. The van der Waals surface area contributed by atoms with Crippen molar-refractivity contribution in [3.8, 4) is 0 Å². The van der Waals surface area contributed by atoms with E-state index in [-0.39, 0.29) is 0 Å². The summed E-state index contributed by atoms with van der Waals surface area (Å²) < 4.78 is 3.69. The molecular formula is C20H30Zr. The van der Waals surface area contributed by atoms with E-state index in [0.717, 1.165) is 0 Å². The molecule has 0 atom stereocenters. The van der Waals surface area contributed by atoms with Crippen LogP contribution in [0.5, 0.6) is 0 Å². The van der Waals surface area contributed by atoms with Crippen molar-refractivity contribution in [2.75, 3.05) is 0 Å². The van der Waals surface area contributed by atoms with Gasteiger partial charge in [0.25, 0.3) is 0 Å². The van der Waals surface area contributed by atoms with Crippen LogP contribution in [0.4, 0.5) is 0 Å². The first-order valence-corrected chi connectivity index (χ1v) is 11.0. The first-order valence-electron chi connectivity index (χ1n) is 8.54. The Morgan fingerprint density at radius 1 is 0.714 bits per heavy atom. The SMILES string of the molecule is CCCC1=[C]([Zr][C]2=C(CCC)CC(C)=C2C)C(C)=C(C)C1. The van der Waals surface area contributed by atoms with Gasteiger partial charge in [-0.05, 0) is 0 Å². The first-order chi connectivity index (χ1) is 9.99. The van der Waals surface area contributed by atoms with Gasteiger partial charge in [-0.15, -0.1) is 0 Å². The fourth-order valence-electron chi connectivity index (χ4n) is 3.56. The van der Waals surface area contributed by atoms with Gasteiger partial charge < -0.3 is 0 Å². The zero-order chi connectivity index (χ0) is 15.6. The summed E-state index contributed by atoms with van der Waals surface area (Å²) in [5.41, 5.74) is 10.2.